The SMILES string of the molecule is CCCCC/C=C\CCCCCCCC(=O)NC(COP(=O)(O)OCC[N+](C)(C)C)C(O)CCCCCCCCCCCCCCCCCC. The van der Waals surface area contributed by atoms with Gasteiger partial charge >= 0.3 is 7.82 Å². The number of likely N-dealkylation sites (N-methyl/N-ethyl adjacent to an activating group) is 1. The molecule has 0 radical (unpaired) electrons. The Bertz CT molecular complexity index is 834. The first-order valence-corrected chi connectivity index (χ1v) is 22.5. The van der Waals surface area contributed by atoms with Gasteiger partial charge in [-0.3, -0.25) is 13.8 Å². The minimum Gasteiger partial charge on any atom is -0.391 e. The number of phosphoric ester groups is 1. The van der Waals surface area contributed by atoms with Gasteiger partial charge < -0.3 is 19.8 Å². The summed E-state index contributed by atoms with van der Waals surface area (Å²) in [7, 11) is 1.61. The third kappa shape index (κ3) is 35.6. The number of carbonyl (C=O) groups is 1. The first kappa shape index (κ1) is 49.2. The molecule has 0 aromatic rings. The fourth-order valence-corrected chi connectivity index (χ4v) is 6.83. The third-order valence-electron chi connectivity index (χ3n) is 9.51. The lowest BCUT2D eigenvalue weighted by Crippen LogP contribution is -2.46. The van der Waals surface area contributed by atoms with Gasteiger partial charge in [0.25, 0.3) is 0 Å². The van der Waals surface area contributed by atoms with Gasteiger partial charge in [-0.05, 0) is 38.5 Å². The normalized spacial score (nSPS) is 14.6. The van der Waals surface area contributed by atoms with Gasteiger partial charge in [0, 0.05) is 6.42 Å². The summed E-state index contributed by atoms with van der Waals surface area (Å²) in [6.07, 6.45) is 36.6. The number of hydrogen-bond acceptors (Lipinski definition) is 5. The van der Waals surface area contributed by atoms with E-state index in [-0.39, 0.29) is 19.1 Å². The lowest BCUT2D eigenvalue weighted by atomic mass is 10.0. The Labute approximate surface area is 310 Å². The van der Waals surface area contributed by atoms with E-state index in [1.54, 1.807) is 0 Å². The lowest BCUT2D eigenvalue weighted by Gasteiger charge is -2.26. The molecule has 0 aromatic heterocycles. The van der Waals surface area contributed by atoms with E-state index >= 15 is 0 Å². The summed E-state index contributed by atoms with van der Waals surface area (Å²) in [4.78, 5) is 23.1. The number of phosphoric acid groups is 1. The molecule has 0 aromatic carbocycles. The summed E-state index contributed by atoms with van der Waals surface area (Å²) in [5.41, 5.74) is 0. The number of aliphatic hydroxyl groups is 1. The maximum Gasteiger partial charge on any atom is 0.472 e. The number of amides is 1. The van der Waals surface area contributed by atoms with E-state index in [2.05, 4.69) is 31.3 Å². The van der Waals surface area contributed by atoms with Crippen molar-refractivity contribution in [3.8, 4) is 0 Å². The van der Waals surface area contributed by atoms with E-state index in [4.69, 9.17) is 9.05 Å². The average molecular weight is 732 g/mol. The van der Waals surface area contributed by atoms with Crippen LogP contribution in [0, 0.1) is 0 Å². The van der Waals surface area contributed by atoms with Crippen molar-refractivity contribution >= 4 is 13.7 Å². The maximum atomic E-state index is 12.8. The van der Waals surface area contributed by atoms with Crippen LogP contribution in [0.3, 0.4) is 0 Å². The molecule has 298 valence electrons. The monoisotopic (exact) mass is 732 g/mol. The van der Waals surface area contributed by atoms with E-state index in [9.17, 15) is 19.4 Å². The molecule has 3 unspecified atom stereocenters. The summed E-state index contributed by atoms with van der Waals surface area (Å²) < 4.78 is 23.6. The number of quaternary nitrogens is 1. The van der Waals surface area contributed by atoms with Crippen LogP contribution in [0.5, 0.6) is 0 Å². The summed E-state index contributed by atoms with van der Waals surface area (Å²) in [6, 6.07) is -0.759. The molecule has 0 heterocycles. The number of nitrogens with one attached hydrogen (secondary N) is 1. The highest BCUT2D eigenvalue weighted by Gasteiger charge is 2.28. The van der Waals surface area contributed by atoms with E-state index < -0.39 is 20.0 Å². The molecule has 0 bridgehead atoms. The second-order valence-corrected chi connectivity index (χ2v) is 17.2. The zero-order valence-electron chi connectivity index (χ0n) is 33.7. The van der Waals surface area contributed by atoms with Crippen molar-refractivity contribution in [2.24, 2.45) is 0 Å². The molecule has 3 N–H and O–H groups in total. The lowest BCUT2D eigenvalue weighted by molar-refractivity contribution is -0.870. The molecular formula is C41H84N2O6P+. The average Bonchev–Trinajstić information content (AvgIpc) is 3.06. The van der Waals surface area contributed by atoms with Gasteiger partial charge in [-0.25, -0.2) is 4.57 Å². The highest BCUT2D eigenvalue weighted by molar-refractivity contribution is 7.47. The topological polar surface area (TPSA) is 105 Å². The van der Waals surface area contributed by atoms with Crippen molar-refractivity contribution in [3.63, 3.8) is 0 Å². The molecule has 1 amide bonds. The van der Waals surface area contributed by atoms with E-state index in [0.29, 0.717) is 23.9 Å². The summed E-state index contributed by atoms with van der Waals surface area (Å²) >= 11 is 0. The number of carbonyl (C=O) groups excluding carboxylic acids is 1. The second kappa shape index (κ2) is 34.0. The van der Waals surface area contributed by atoms with Crippen LogP contribution in [0.15, 0.2) is 12.2 Å². The molecule has 0 saturated carbocycles. The van der Waals surface area contributed by atoms with Gasteiger partial charge in [0.1, 0.15) is 13.2 Å². The van der Waals surface area contributed by atoms with Crippen LogP contribution in [0.2, 0.25) is 0 Å². The van der Waals surface area contributed by atoms with Gasteiger partial charge in [0.15, 0.2) is 0 Å². The molecule has 0 spiro atoms. The first-order chi connectivity index (χ1) is 24.0. The van der Waals surface area contributed by atoms with Crippen molar-refractivity contribution in [2.45, 2.75) is 206 Å². The number of unbranched alkanes of at least 4 members (excludes halogenated alkanes) is 23. The Balaban J connectivity index is 4.39. The molecule has 9 heteroatoms. The van der Waals surface area contributed by atoms with Gasteiger partial charge in [-0.1, -0.05) is 161 Å². The Morgan fingerprint density at radius 2 is 1.08 bits per heavy atom. The van der Waals surface area contributed by atoms with Crippen LogP contribution >= 0.6 is 7.82 Å². The number of hydrogen-bond donors (Lipinski definition) is 3. The van der Waals surface area contributed by atoms with Crippen molar-refractivity contribution in [2.75, 3.05) is 40.9 Å². The Morgan fingerprint density at radius 1 is 0.660 bits per heavy atom. The number of aliphatic hydroxyl groups excluding tert-OH is 1. The molecule has 0 fully saturated rings. The van der Waals surface area contributed by atoms with Gasteiger partial charge in [-0.15, -0.1) is 0 Å². The van der Waals surface area contributed by atoms with Crippen LogP contribution in [0.1, 0.15) is 194 Å². The van der Waals surface area contributed by atoms with Crippen molar-refractivity contribution in [3.05, 3.63) is 12.2 Å². The Kier molecular flexibility index (Phi) is 33.5. The Hall–Kier alpha value is -0.760. The predicted octanol–water partition coefficient (Wildman–Crippen LogP) is 11.2. The van der Waals surface area contributed by atoms with Gasteiger partial charge in [-0.2, -0.15) is 0 Å². The zero-order chi connectivity index (χ0) is 37.2. The summed E-state index contributed by atoms with van der Waals surface area (Å²) in [5, 5.41) is 13.9. The van der Waals surface area contributed by atoms with E-state index in [1.165, 1.54) is 116 Å². The molecule has 0 aliphatic heterocycles. The summed E-state index contributed by atoms with van der Waals surface area (Å²) in [6.45, 7) is 4.85. The minimum atomic E-state index is -4.31. The Morgan fingerprint density at radius 3 is 1.58 bits per heavy atom. The first-order valence-electron chi connectivity index (χ1n) is 21.1. The molecule has 0 aliphatic rings. The standard InChI is InChI=1S/C41H83N2O6P/c1-6-8-10-12-14-16-18-20-21-22-23-24-26-28-30-32-34-40(44)39(38-49-50(46,47)48-37-36-43(3,4)5)42-41(45)35-33-31-29-27-25-19-17-15-13-11-9-7-2/h15,17,39-40,44H,6-14,16,18-38H2,1-5H3,(H-,42,45,46,47)/p+1/b17-15-. The highest BCUT2D eigenvalue weighted by Crippen LogP contribution is 2.43. The van der Waals surface area contributed by atoms with Crippen LogP contribution in [0.4, 0.5) is 0 Å². The molecule has 3 atom stereocenters. The zero-order valence-corrected chi connectivity index (χ0v) is 34.5. The molecule has 50 heavy (non-hydrogen) atoms. The molecule has 0 aliphatic carbocycles. The predicted molar refractivity (Wildman–Crippen MR) is 212 cm³/mol. The highest BCUT2D eigenvalue weighted by atomic mass is 31.2. The number of allylic oxidation sites excluding steroid dienone is 2. The minimum absolute atomic E-state index is 0.0747. The number of nitrogens with zero attached hydrogens (tertiary/aromatic N) is 1. The van der Waals surface area contributed by atoms with Crippen molar-refractivity contribution in [1.29, 1.82) is 0 Å². The van der Waals surface area contributed by atoms with Crippen molar-refractivity contribution < 1.29 is 32.9 Å². The van der Waals surface area contributed by atoms with Crippen molar-refractivity contribution in [1.82, 2.24) is 5.32 Å². The fraction of sp³-hybridized carbons (Fsp3) is 0.927. The van der Waals surface area contributed by atoms with Crippen LogP contribution in [-0.4, -0.2) is 73.4 Å². The molecule has 8 nitrogen and oxygen atoms in total. The maximum absolute atomic E-state index is 12.8. The molecular weight excluding hydrogens is 647 g/mol. The van der Waals surface area contributed by atoms with Crippen LogP contribution < -0.4 is 5.32 Å². The number of rotatable bonds is 38. The fourth-order valence-electron chi connectivity index (χ4n) is 6.10. The van der Waals surface area contributed by atoms with Gasteiger partial charge in [0.2, 0.25) is 5.91 Å². The third-order valence-corrected chi connectivity index (χ3v) is 10.5. The van der Waals surface area contributed by atoms with Gasteiger partial charge in [0.05, 0.1) is 39.9 Å². The molecule has 0 rings (SSSR count). The van der Waals surface area contributed by atoms with E-state index in [1.807, 2.05) is 21.1 Å². The quantitative estimate of drug-likeness (QED) is 0.0253. The smallest absolute Gasteiger partial charge is 0.391 e. The van der Waals surface area contributed by atoms with Crippen LogP contribution in [-0.2, 0) is 18.4 Å². The summed E-state index contributed by atoms with van der Waals surface area (Å²) in [5.74, 6) is -0.154. The van der Waals surface area contributed by atoms with Crippen LogP contribution in [0.25, 0.3) is 0 Å². The molecule has 0 saturated heterocycles. The van der Waals surface area contributed by atoms with E-state index in [0.717, 1.165) is 51.4 Å². The second-order valence-electron chi connectivity index (χ2n) is 15.7. The largest absolute Gasteiger partial charge is 0.472 e.